The Morgan fingerprint density at radius 1 is 1.26 bits per heavy atom. The summed E-state index contributed by atoms with van der Waals surface area (Å²) in [4.78, 5) is 20.8. The Bertz CT molecular complexity index is 532. The molecule has 6 heteroatoms. The van der Waals surface area contributed by atoms with Crippen molar-refractivity contribution in [1.29, 1.82) is 0 Å². The van der Waals surface area contributed by atoms with Gasteiger partial charge in [0.05, 0.1) is 17.9 Å². The largest absolute Gasteiger partial charge is 0.505 e. The van der Waals surface area contributed by atoms with Gasteiger partial charge in [0.15, 0.2) is 0 Å². The van der Waals surface area contributed by atoms with Gasteiger partial charge in [-0.25, -0.2) is 0 Å². The van der Waals surface area contributed by atoms with Crippen molar-refractivity contribution in [3.63, 3.8) is 0 Å². The molecule has 2 aliphatic heterocycles. The van der Waals surface area contributed by atoms with Crippen LogP contribution in [0.1, 0.15) is 36.0 Å². The van der Waals surface area contributed by atoms with Crippen LogP contribution in [0.3, 0.4) is 0 Å². The molecule has 0 aromatic carbocycles. The summed E-state index contributed by atoms with van der Waals surface area (Å²) < 4.78 is 5.94. The van der Waals surface area contributed by atoms with Crippen LogP contribution in [0.2, 0.25) is 0 Å². The molecule has 0 spiro atoms. The molecule has 1 N–H and O–H groups in total. The summed E-state index contributed by atoms with van der Waals surface area (Å²) >= 11 is 0. The van der Waals surface area contributed by atoms with Crippen LogP contribution in [-0.2, 0) is 4.74 Å². The molecule has 0 radical (unpaired) electrons. The maximum absolute atomic E-state index is 12.7. The number of aromatic hydroxyl groups is 1. The Morgan fingerprint density at radius 2 is 2.09 bits per heavy atom. The number of carbonyl (C=O) groups excluding carboxylic acids is 1. The molecule has 23 heavy (non-hydrogen) atoms. The molecule has 0 saturated carbocycles. The lowest BCUT2D eigenvalue weighted by Gasteiger charge is -2.31. The van der Waals surface area contributed by atoms with E-state index in [9.17, 15) is 9.90 Å². The molecule has 1 aromatic rings. The van der Waals surface area contributed by atoms with Crippen LogP contribution in [0.5, 0.6) is 5.75 Å². The molecule has 126 valence electrons. The highest BCUT2D eigenvalue weighted by atomic mass is 16.5. The number of rotatable bonds is 3. The van der Waals surface area contributed by atoms with E-state index in [0.29, 0.717) is 25.3 Å². The molecule has 0 bridgehead atoms. The number of hydrogen-bond donors (Lipinski definition) is 1. The van der Waals surface area contributed by atoms with Crippen LogP contribution in [0.15, 0.2) is 18.5 Å². The van der Waals surface area contributed by atoms with E-state index in [1.165, 1.54) is 31.7 Å². The molecule has 6 nitrogen and oxygen atoms in total. The van der Waals surface area contributed by atoms with E-state index in [-0.39, 0.29) is 17.8 Å². The number of likely N-dealkylation sites (tertiary alicyclic amines) is 1. The first-order chi connectivity index (χ1) is 11.2. The Morgan fingerprint density at radius 3 is 2.87 bits per heavy atom. The second kappa shape index (κ2) is 7.75. The molecule has 2 fully saturated rings. The summed E-state index contributed by atoms with van der Waals surface area (Å²) in [6, 6.07) is 1.57. The van der Waals surface area contributed by atoms with Crippen LogP contribution < -0.4 is 0 Å². The molecule has 1 amide bonds. The summed E-state index contributed by atoms with van der Waals surface area (Å²) in [5, 5.41) is 9.86. The lowest BCUT2D eigenvalue weighted by atomic mass is 10.1. The fraction of sp³-hybridized carbons (Fsp3) is 0.647. The highest BCUT2D eigenvalue weighted by Gasteiger charge is 2.26. The Kier molecular flexibility index (Phi) is 5.46. The quantitative estimate of drug-likeness (QED) is 0.915. The minimum atomic E-state index is -0.140. The Hall–Kier alpha value is -1.66. The summed E-state index contributed by atoms with van der Waals surface area (Å²) in [7, 11) is 0. The van der Waals surface area contributed by atoms with E-state index in [4.69, 9.17) is 4.74 Å². The second-order valence-electron chi connectivity index (χ2n) is 6.35. The van der Waals surface area contributed by atoms with Crippen LogP contribution in [0.25, 0.3) is 0 Å². The normalized spacial score (nSPS) is 23.5. The van der Waals surface area contributed by atoms with Crippen molar-refractivity contribution in [3.8, 4) is 5.75 Å². The highest BCUT2D eigenvalue weighted by Crippen LogP contribution is 2.19. The summed E-state index contributed by atoms with van der Waals surface area (Å²) in [6.07, 6.45) is 7.53. The van der Waals surface area contributed by atoms with Gasteiger partial charge in [0.25, 0.3) is 5.91 Å². The highest BCUT2D eigenvalue weighted by molar-refractivity contribution is 5.96. The smallest absolute Gasteiger partial charge is 0.257 e. The van der Waals surface area contributed by atoms with Gasteiger partial charge in [-0.2, -0.15) is 0 Å². The number of piperidine rings is 1. The van der Waals surface area contributed by atoms with Crippen molar-refractivity contribution in [1.82, 2.24) is 14.8 Å². The van der Waals surface area contributed by atoms with E-state index in [1.54, 1.807) is 11.0 Å². The number of nitrogens with zero attached hydrogens (tertiary/aromatic N) is 3. The van der Waals surface area contributed by atoms with Gasteiger partial charge in [0.2, 0.25) is 0 Å². The zero-order valence-corrected chi connectivity index (χ0v) is 13.5. The van der Waals surface area contributed by atoms with Crippen LogP contribution in [0.4, 0.5) is 0 Å². The zero-order valence-electron chi connectivity index (χ0n) is 13.5. The van der Waals surface area contributed by atoms with Crippen molar-refractivity contribution in [2.45, 2.75) is 31.8 Å². The first-order valence-electron chi connectivity index (χ1n) is 8.50. The molecule has 3 rings (SSSR count). The number of pyridine rings is 1. The summed E-state index contributed by atoms with van der Waals surface area (Å²) in [6.45, 7) is 5.06. The second-order valence-corrected chi connectivity index (χ2v) is 6.35. The monoisotopic (exact) mass is 319 g/mol. The fourth-order valence-corrected chi connectivity index (χ4v) is 3.36. The van der Waals surface area contributed by atoms with Crippen LogP contribution in [-0.4, -0.2) is 71.2 Å². The van der Waals surface area contributed by atoms with Gasteiger partial charge in [-0.15, -0.1) is 0 Å². The van der Waals surface area contributed by atoms with Crippen molar-refractivity contribution in [2.24, 2.45) is 0 Å². The molecule has 1 aromatic heterocycles. The van der Waals surface area contributed by atoms with Gasteiger partial charge in [-0.05, 0) is 38.4 Å². The molecule has 0 unspecified atom stereocenters. The van der Waals surface area contributed by atoms with Gasteiger partial charge < -0.3 is 19.6 Å². The SMILES string of the molecule is O=C(c1ccncc1O)N1CCCO[C@@H](CN2CCCCC2)C1. The Balaban J connectivity index is 1.64. The molecular weight excluding hydrogens is 294 g/mol. The van der Waals surface area contributed by atoms with Gasteiger partial charge in [0.1, 0.15) is 5.75 Å². The standard InChI is InChI=1S/C17H25N3O3/c21-16-11-18-6-5-15(16)17(22)20-9-4-10-23-14(13-20)12-19-7-2-1-3-8-19/h5-6,11,14,21H,1-4,7-10,12-13H2/t14-/m0/s1. The number of amides is 1. The lowest BCUT2D eigenvalue weighted by molar-refractivity contribution is 0.0216. The van der Waals surface area contributed by atoms with E-state index >= 15 is 0 Å². The predicted octanol–water partition coefficient (Wildman–Crippen LogP) is 1.50. The van der Waals surface area contributed by atoms with Gasteiger partial charge in [0, 0.05) is 32.4 Å². The van der Waals surface area contributed by atoms with E-state index in [1.807, 2.05) is 0 Å². The van der Waals surface area contributed by atoms with Crippen LogP contribution in [0, 0.1) is 0 Å². The average Bonchev–Trinajstić information content (AvgIpc) is 2.81. The third-order valence-electron chi connectivity index (χ3n) is 4.58. The van der Waals surface area contributed by atoms with Gasteiger partial charge >= 0.3 is 0 Å². The van der Waals surface area contributed by atoms with Crippen molar-refractivity contribution in [2.75, 3.05) is 39.3 Å². The third-order valence-corrected chi connectivity index (χ3v) is 4.58. The average molecular weight is 319 g/mol. The van der Waals surface area contributed by atoms with Crippen LogP contribution >= 0.6 is 0 Å². The maximum atomic E-state index is 12.7. The van der Waals surface area contributed by atoms with Crippen molar-refractivity contribution in [3.05, 3.63) is 24.0 Å². The Labute approximate surface area is 137 Å². The molecular formula is C17H25N3O3. The third kappa shape index (κ3) is 4.20. The van der Waals surface area contributed by atoms with Crippen molar-refractivity contribution < 1.29 is 14.6 Å². The lowest BCUT2D eigenvalue weighted by Crippen LogP contribution is -2.43. The number of carbonyl (C=O) groups is 1. The van der Waals surface area contributed by atoms with Gasteiger partial charge in [-0.1, -0.05) is 6.42 Å². The molecule has 0 aliphatic carbocycles. The minimum Gasteiger partial charge on any atom is -0.505 e. The van der Waals surface area contributed by atoms with E-state index < -0.39 is 0 Å². The fourth-order valence-electron chi connectivity index (χ4n) is 3.36. The van der Waals surface area contributed by atoms with Gasteiger partial charge in [-0.3, -0.25) is 9.78 Å². The van der Waals surface area contributed by atoms with E-state index in [2.05, 4.69) is 9.88 Å². The molecule has 2 aliphatic rings. The topological polar surface area (TPSA) is 65.9 Å². The molecule has 1 atom stereocenters. The summed E-state index contributed by atoms with van der Waals surface area (Å²) in [5.74, 6) is -0.200. The number of ether oxygens (including phenoxy) is 1. The van der Waals surface area contributed by atoms with E-state index in [0.717, 1.165) is 26.1 Å². The maximum Gasteiger partial charge on any atom is 0.257 e. The minimum absolute atomic E-state index is 0.0449. The number of aromatic nitrogens is 1. The molecule has 2 saturated heterocycles. The predicted molar refractivity (Wildman–Crippen MR) is 86.5 cm³/mol. The first kappa shape index (κ1) is 16.2. The number of hydrogen-bond acceptors (Lipinski definition) is 5. The zero-order chi connectivity index (χ0) is 16.1. The first-order valence-corrected chi connectivity index (χ1v) is 8.50. The molecule has 3 heterocycles. The summed E-state index contributed by atoms with van der Waals surface area (Å²) in [5.41, 5.74) is 0.318. The van der Waals surface area contributed by atoms with Crippen molar-refractivity contribution >= 4 is 5.91 Å².